The van der Waals surface area contributed by atoms with Crippen molar-refractivity contribution in [1.82, 2.24) is 5.32 Å². The molecular weight excluding hydrogens is 398 g/mol. The van der Waals surface area contributed by atoms with Gasteiger partial charge in [0.15, 0.2) is 13.2 Å². The Hall–Kier alpha value is -3.61. The van der Waals surface area contributed by atoms with Crippen LogP contribution in [0.1, 0.15) is 35.6 Å². The highest BCUT2D eigenvalue weighted by molar-refractivity contribution is 5.82. The summed E-state index contributed by atoms with van der Waals surface area (Å²) in [5, 5.41) is 3.72. The molecule has 1 amide bonds. The van der Waals surface area contributed by atoms with Gasteiger partial charge >= 0.3 is 11.6 Å². The van der Waals surface area contributed by atoms with E-state index in [9.17, 15) is 14.4 Å². The van der Waals surface area contributed by atoms with E-state index in [-0.39, 0.29) is 25.2 Å². The van der Waals surface area contributed by atoms with Gasteiger partial charge < -0.3 is 19.2 Å². The lowest BCUT2D eigenvalue weighted by Crippen LogP contribution is -2.34. The molecule has 0 saturated heterocycles. The van der Waals surface area contributed by atoms with E-state index in [4.69, 9.17) is 13.9 Å². The summed E-state index contributed by atoms with van der Waals surface area (Å²) in [7, 11) is 0. The summed E-state index contributed by atoms with van der Waals surface area (Å²) < 4.78 is 15.6. The van der Waals surface area contributed by atoms with Gasteiger partial charge in [0.25, 0.3) is 5.91 Å². The zero-order valence-corrected chi connectivity index (χ0v) is 17.2. The van der Waals surface area contributed by atoms with Crippen LogP contribution < -0.4 is 15.7 Å². The molecule has 0 aliphatic heterocycles. The van der Waals surface area contributed by atoms with Crippen LogP contribution in [0.3, 0.4) is 0 Å². The Morgan fingerprint density at radius 2 is 1.97 bits per heavy atom. The molecule has 7 nitrogen and oxygen atoms in total. The minimum absolute atomic E-state index is 0.0666. The number of amides is 1. The molecule has 0 spiro atoms. The van der Waals surface area contributed by atoms with Gasteiger partial charge in [0.2, 0.25) is 0 Å². The molecule has 4 rings (SSSR count). The van der Waals surface area contributed by atoms with Gasteiger partial charge in [-0.25, -0.2) is 9.59 Å². The first kappa shape index (κ1) is 20.7. The lowest BCUT2D eigenvalue weighted by molar-refractivity contribution is -0.150. The molecule has 31 heavy (non-hydrogen) atoms. The van der Waals surface area contributed by atoms with Crippen LogP contribution in [0, 0.1) is 6.92 Å². The minimum atomic E-state index is -0.662. The second kappa shape index (κ2) is 9.04. The lowest BCUT2D eigenvalue weighted by Gasteiger charge is -2.26. The summed E-state index contributed by atoms with van der Waals surface area (Å²) in [5.41, 5.74) is 3.08. The molecule has 1 atom stereocenters. The van der Waals surface area contributed by atoms with E-state index in [1.807, 2.05) is 25.1 Å². The van der Waals surface area contributed by atoms with Crippen molar-refractivity contribution in [2.45, 2.75) is 32.2 Å². The Balaban J connectivity index is 1.27. The van der Waals surface area contributed by atoms with Gasteiger partial charge in [-0.1, -0.05) is 24.3 Å². The predicted molar refractivity (Wildman–Crippen MR) is 114 cm³/mol. The molecule has 1 aliphatic carbocycles. The smallest absolute Gasteiger partial charge is 0.344 e. The SMILES string of the molecule is Cc1cc(=O)oc2cc(OCC(=O)OCC(=O)N[C@@H]3CCCc4ccccc43)ccc12. The summed E-state index contributed by atoms with van der Waals surface area (Å²) in [6, 6.07) is 14.4. The first-order chi connectivity index (χ1) is 15.0. The molecule has 0 radical (unpaired) electrons. The fourth-order valence-electron chi connectivity index (χ4n) is 3.86. The zero-order valence-electron chi connectivity index (χ0n) is 17.2. The van der Waals surface area contributed by atoms with E-state index < -0.39 is 11.6 Å². The summed E-state index contributed by atoms with van der Waals surface area (Å²) in [5.74, 6) is -0.649. The molecule has 0 fully saturated rings. The number of hydrogen-bond donors (Lipinski definition) is 1. The van der Waals surface area contributed by atoms with Crippen molar-refractivity contribution in [3.8, 4) is 5.75 Å². The lowest BCUT2D eigenvalue weighted by atomic mass is 9.88. The molecule has 160 valence electrons. The van der Waals surface area contributed by atoms with Crippen LogP contribution in [0.2, 0.25) is 0 Å². The van der Waals surface area contributed by atoms with Crippen LogP contribution in [0.5, 0.6) is 5.75 Å². The van der Waals surface area contributed by atoms with E-state index >= 15 is 0 Å². The van der Waals surface area contributed by atoms with Crippen LogP contribution in [-0.2, 0) is 20.7 Å². The fourth-order valence-corrected chi connectivity index (χ4v) is 3.86. The number of nitrogens with one attached hydrogen (secondary N) is 1. The maximum Gasteiger partial charge on any atom is 0.344 e. The third kappa shape index (κ3) is 4.94. The minimum Gasteiger partial charge on any atom is -0.482 e. The van der Waals surface area contributed by atoms with Crippen molar-refractivity contribution in [2.24, 2.45) is 0 Å². The number of carbonyl (C=O) groups is 2. The van der Waals surface area contributed by atoms with E-state index in [0.29, 0.717) is 11.3 Å². The topological polar surface area (TPSA) is 94.8 Å². The monoisotopic (exact) mass is 421 g/mol. The second-order valence-corrected chi connectivity index (χ2v) is 7.57. The Morgan fingerprint density at radius 3 is 2.84 bits per heavy atom. The van der Waals surface area contributed by atoms with Gasteiger partial charge in [-0.3, -0.25) is 4.79 Å². The molecule has 0 unspecified atom stereocenters. The Labute approximate surface area is 179 Å². The zero-order chi connectivity index (χ0) is 21.8. The summed E-state index contributed by atoms with van der Waals surface area (Å²) in [4.78, 5) is 35.7. The van der Waals surface area contributed by atoms with Crippen LogP contribution in [0.15, 0.2) is 57.7 Å². The average molecular weight is 421 g/mol. The van der Waals surface area contributed by atoms with Crippen molar-refractivity contribution in [3.63, 3.8) is 0 Å². The van der Waals surface area contributed by atoms with Crippen molar-refractivity contribution in [3.05, 3.63) is 75.6 Å². The second-order valence-electron chi connectivity index (χ2n) is 7.57. The number of carbonyl (C=O) groups excluding carboxylic acids is 2. The van der Waals surface area contributed by atoms with Crippen LogP contribution in [0.25, 0.3) is 11.0 Å². The molecule has 0 bridgehead atoms. The van der Waals surface area contributed by atoms with Gasteiger partial charge in [-0.15, -0.1) is 0 Å². The largest absolute Gasteiger partial charge is 0.482 e. The predicted octanol–water partition coefficient (Wildman–Crippen LogP) is 3.22. The summed E-state index contributed by atoms with van der Waals surface area (Å²) >= 11 is 0. The van der Waals surface area contributed by atoms with E-state index in [1.54, 1.807) is 18.2 Å². The van der Waals surface area contributed by atoms with Gasteiger partial charge in [0.1, 0.15) is 11.3 Å². The number of rotatable bonds is 6. The number of esters is 1. The van der Waals surface area contributed by atoms with Crippen LogP contribution >= 0.6 is 0 Å². The number of benzene rings is 2. The first-order valence-electron chi connectivity index (χ1n) is 10.2. The molecule has 1 aromatic heterocycles. The maximum atomic E-state index is 12.2. The van der Waals surface area contributed by atoms with Crippen molar-refractivity contribution in [1.29, 1.82) is 0 Å². The maximum absolute atomic E-state index is 12.2. The molecule has 1 heterocycles. The van der Waals surface area contributed by atoms with E-state index in [2.05, 4.69) is 11.4 Å². The third-order valence-corrected chi connectivity index (χ3v) is 5.35. The highest BCUT2D eigenvalue weighted by atomic mass is 16.6. The molecule has 0 saturated carbocycles. The molecule has 3 aromatic rings. The number of ether oxygens (including phenoxy) is 2. The summed E-state index contributed by atoms with van der Waals surface area (Å²) in [6.07, 6.45) is 2.87. The number of fused-ring (bicyclic) bond motifs is 2. The Kier molecular flexibility index (Phi) is 6.02. The standard InChI is InChI=1S/C24H23NO6/c1-15-11-23(27)31-21-12-17(9-10-18(15)21)29-14-24(28)30-13-22(26)25-20-8-4-6-16-5-2-3-7-19(16)20/h2-3,5,7,9-12,20H,4,6,8,13-14H2,1H3,(H,25,26)/t20-/m1/s1. The quantitative estimate of drug-likeness (QED) is 0.485. The average Bonchev–Trinajstić information content (AvgIpc) is 2.76. The van der Waals surface area contributed by atoms with Gasteiger partial charge in [0, 0.05) is 17.5 Å². The number of aryl methyl sites for hydroxylation is 2. The van der Waals surface area contributed by atoms with Crippen molar-refractivity contribution >= 4 is 22.8 Å². The van der Waals surface area contributed by atoms with E-state index in [1.165, 1.54) is 11.6 Å². The van der Waals surface area contributed by atoms with Gasteiger partial charge in [0.05, 0.1) is 6.04 Å². The summed E-state index contributed by atoms with van der Waals surface area (Å²) in [6.45, 7) is 1.09. The first-order valence-corrected chi connectivity index (χ1v) is 10.2. The van der Waals surface area contributed by atoms with Crippen molar-refractivity contribution in [2.75, 3.05) is 13.2 Å². The van der Waals surface area contributed by atoms with Crippen molar-refractivity contribution < 1.29 is 23.5 Å². The third-order valence-electron chi connectivity index (χ3n) is 5.35. The van der Waals surface area contributed by atoms with Crippen LogP contribution in [-0.4, -0.2) is 25.1 Å². The fraction of sp³-hybridized carbons (Fsp3) is 0.292. The normalized spacial score (nSPS) is 15.2. The van der Waals surface area contributed by atoms with Gasteiger partial charge in [-0.2, -0.15) is 0 Å². The highest BCUT2D eigenvalue weighted by Crippen LogP contribution is 2.29. The molecule has 2 aromatic carbocycles. The Morgan fingerprint density at radius 1 is 1.13 bits per heavy atom. The molecule has 7 heteroatoms. The Bertz CT molecular complexity index is 1180. The molecule has 1 aliphatic rings. The van der Waals surface area contributed by atoms with Crippen LogP contribution in [0.4, 0.5) is 0 Å². The highest BCUT2D eigenvalue weighted by Gasteiger charge is 2.21. The molecular formula is C24H23NO6. The van der Waals surface area contributed by atoms with Gasteiger partial charge in [-0.05, 0) is 55.0 Å². The molecule has 1 N–H and O–H groups in total. The van der Waals surface area contributed by atoms with E-state index in [0.717, 1.165) is 35.8 Å². The number of hydrogen-bond acceptors (Lipinski definition) is 6.